The van der Waals surface area contributed by atoms with Crippen molar-refractivity contribution in [3.8, 4) is 5.75 Å². The Morgan fingerprint density at radius 2 is 1.59 bits per heavy atom. The van der Waals surface area contributed by atoms with E-state index in [1.165, 1.54) is 16.3 Å². The van der Waals surface area contributed by atoms with Gasteiger partial charge in [-0.2, -0.15) is 0 Å². The molecule has 0 N–H and O–H groups in total. The second-order valence-electron chi connectivity index (χ2n) is 10.4. The zero-order valence-corrected chi connectivity index (χ0v) is 19.6. The van der Waals surface area contributed by atoms with Gasteiger partial charge in [-0.15, -0.1) is 0 Å². The lowest BCUT2D eigenvalue weighted by Crippen LogP contribution is -2.41. The third-order valence-corrected chi connectivity index (χ3v) is 7.59. The van der Waals surface area contributed by atoms with Crippen LogP contribution in [0.4, 0.5) is 0 Å². The van der Waals surface area contributed by atoms with Crippen molar-refractivity contribution in [2.75, 3.05) is 0 Å². The monoisotopic (exact) mass is 407 g/mol. The van der Waals surface area contributed by atoms with Gasteiger partial charge >= 0.3 is 0 Å². The molecule has 0 fully saturated rings. The van der Waals surface area contributed by atoms with Crippen LogP contribution in [0.15, 0.2) is 42.5 Å². The number of hydrogen-bond acceptors (Lipinski definition) is 3. The first-order valence-electron chi connectivity index (χ1n) is 10.2. The fourth-order valence-electron chi connectivity index (χ4n) is 4.42. The van der Waals surface area contributed by atoms with E-state index in [1.54, 1.807) is 12.1 Å². The third-order valence-electron chi connectivity index (χ3n) is 5.54. The molecule has 3 rings (SSSR count). The number of fused-ring (bicyclic) bond motifs is 1. The summed E-state index contributed by atoms with van der Waals surface area (Å²) in [6.07, 6.45) is 3.17. The number of aromatic carboxylic acids is 1. The minimum absolute atomic E-state index is 0.0355. The molecular formula is C25H31O3Si-. The zero-order chi connectivity index (χ0) is 21.6. The van der Waals surface area contributed by atoms with Crippen molar-refractivity contribution in [1.29, 1.82) is 0 Å². The zero-order valence-electron chi connectivity index (χ0n) is 18.6. The van der Waals surface area contributed by atoms with Crippen LogP contribution >= 0.6 is 0 Å². The van der Waals surface area contributed by atoms with Crippen LogP contribution in [0.2, 0.25) is 19.6 Å². The minimum atomic E-state index is -1.67. The van der Waals surface area contributed by atoms with Crippen LogP contribution in [-0.2, 0) is 5.41 Å². The molecule has 29 heavy (non-hydrogen) atoms. The van der Waals surface area contributed by atoms with E-state index in [4.69, 9.17) is 4.74 Å². The van der Waals surface area contributed by atoms with E-state index < -0.39 is 14.0 Å². The lowest BCUT2D eigenvalue weighted by Gasteiger charge is -2.42. The van der Waals surface area contributed by atoms with E-state index in [9.17, 15) is 9.90 Å². The van der Waals surface area contributed by atoms with Gasteiger partial charge in [0.1, 0.15) is 11.4 Å². The molecular weight excluding hydrogens is 376 g/mol. The highest BCUT2D eigenvalue weighted by molar-refractivity contribution is 6.94. The number of benzene rings is 2. The maximum atomic E-state index is 11.0. The highest BCUT2D eigenvalue weighted by atomic mass is 28.3. The quantitative estimate of drug-likeness (QED) is 0.510. The number of hydrogen-bond donors (Lipinski definition) is 0. The summed E-state index contributed by atoms with van der Waals surface area (Å²) in [4.78, 5) is 11.0. The summed E-state index contributed by atoms with van der Waals surface area (Å²) in [6, 6.07) is 13.5. The molecule has 0 aromatic heterocycles. The van der Waals surface area contributed by atoms with Gasteiger partial charge in [0, 0.05) is 5.56 Å². The Morgan fingerprint density at radius 1 is 1.00 bits per heavy atom. The molecule has 4 heteroatoms. The van der Waals surface area contributed by atoms with E-state index in [1.807, 2.05) is 12.1 Å². The van der Waals surface area contributed by atoms with Gasteiger partial charge < -0.3 is 14.6 Å². The van der Waals surface area contributed by atoms with E-state index in [-0.39, 0.29) is 16.6 Å². The van der Waals surface area contributed by atoms with Crippen LogP contribution in [0, 0.1) is 0 Å². The van der Waals surface area contributed by atoms with E-state index in [0.29, 0.717) is 0 Å². The minimum Gasteiger partial charge on any atom is -0.545 e. The molecule has 0 amide bonds. The summed E-state index contributed by atoms with van der Waals surface area (Å²) in [7, 11) is -1.67. The van der Waals surface area contributed by atoms with Crippen LogP contribution < -0.4 is 9.84 Å². The summed E-state index contributed by atoms with van der Waals surface area (Å²) >= 11 is 0. The van der Waals surface area contributed by atoms with Crippen molar-refractivity contribution >= 4 is 25.3 Å². The van der Waals surface area contributed by atoms with Crippen molar-refractivity contribution in [3.63, 3.8) is 0 Å². The van der Waals surface area contributed by atoms with Gasteiger partial charge in [-0.3, -0.25) is 0 Å². The average Bonchev–Trinajstić information content (AvgIpc) is 2.57. The maximum Gasteiger partial charge on any atom is 0.123 e. The highest BCUT2D eigenvalue weighted by Crippen LogP contribution is 2.46. The molecule has 0 spiro atoms. The largest absolute Gasteiger partial charge is 0.545 e. The fraction of sp³-hybridized carbons (Fsp3) is 0.400. The lowest BCUT2D eigenvalue weighted by molar-refractivity contribution is -0.255. The van der Waals surface area contributed by atoms with E-state index in [0.717, 1.165) is 17.7 Å². The van der Waals surface area contributed by atoms with Crippen LogP contribution in [0.25, 0.3) is 11.3 Å². The molecule has 1 heterocycles. The number of carboxylic acid groups (broad SMARTS) is 1. The van der Waals surface area contributed by atoms with E-state index in [2.05, 4.69) is 71.6 Å². The van der Waals surface area contributed by atoms with Crippen LogP contribution in [0.5, 0.6) is 5.75 Å². The summed E-state index contributed by atoms with van der Waals surface area (Å²) in [5.41, 5.74) is 3.55. The molecule has 0 unspecified atom stereocenters. The van der Waals surface area contributed by atoms with Crippen molar-refractivity contribution in [1.82, 2.24) is 0 Å². The Hall–Kier alpha value is -2.33. The normalized spacial score (nSPS) is 18.0. The SMILES string of the molecule is CC1(C)CC(C)(C)c2cc(/C(=C/c3ccc(C(=O)[O-])cc3)[Si](C)(C)C)ccc2O1. The Balaban J connectivity index is 2.08. The molecule has 1 aliphatic heterocycles. The van der Waals surface area contributed by atoms with Gasteiger partial charge in [-0.25, -0.2) is 0 Å². The van der Waals surface area contributed by atoms with Crippen molar-refractivity contribution in [2.45, 2.75) is 64.8 Å². The Labute approximate surface area is 175 Å². The van der Waals surface area contributed by atoms with Gasteiger partial charge in [0.15, 0.2) is 0 Å². The van der Waals surface area contributed by atoms with Gasteiger partial charge in [-0.05, 0) is 54.5 Å². The first kappa shape index (κ1) is 21.4. The number of ether oxygens (including phenoxy) is 1. The third kappa shape index (κ3) is 4.64. The van der Waals surface area contributed by atoms with Crippen LogP contribution in [0.3, 0.4) is 0 Å². The predicted octanol–water partition coefficient (Wildman–Crippen LogP) is 5.31. The van der Waals surface area contributed by atoms with Gasteiger partial charge in [0.25, 0.3) is 0 Å². The van der Waals surface area contributed by atoms with Gasteiger partial charge in [0.05, 0.1) is 14.0 Å². The fourth-order valence-corrected chi connectivity index (χ4v) is 6.04. The van der Waals surface area contributed by atoms with Crippen molar-refractivity contribution in [2.24, 2.45) is 0 Å². The maximum absolute atomic E-state index is 11.0. The first-order chi connectivity index (χ1) is 13.3. The molecule has 2 aromatic carbocycles. The molecule has 0 aliphatic carbocycles. The van der Waals surface area contributed by atoms with Gasteiger partial charge in [0.2, 0.25) is 0 Å². The lowest BCUT2D eigenvalue weighted by atomic mass is 9.73. The second kappa shape index (κ2) is 7.17. The summed E-state index contributed by atoms with van der Waals surface area (Å²) in [5, 5.41) is 12.4. The predicted molar refractivity (Wildman–Crippen MR) is 121 cm³/mol. The summed E-state index contributed by atoms with van der Waals surface area (Å²) in [5.74, 6) is -0.172. The summed E-state index contributed by atoms with van der Waals surface area (Å²) < 4.78 is 6.26. The molecule has 154 valence electrons. The number of carbonyl (C=O) groups excluding carboxylic acids is 1. The molecule has 0 bridgehead atoms. The average molecular weight is 408 g/mol. The molecule has 0 saturated heterocycles. The van der Waals surface area contributed by atoms with Crippen LogP contribution in [-0.4, -0.2) is 19.6 Å². The first-order valence-corrected chi connectivity index (χ1v) is 13.7. The van der Waals surface area contributed by atoms with Crippen molar-refractivity contribution in [3.05, 3.63) is 64.7 Å². The Bertz CT molecular complexity index is 961. The topological polar surface area (TPSA) is 49.4 Å². The molecule has 0 atom stereocenters. The molecule has 0 saturated carbocycles. The standard InChI is InChI=1S/C25H32O3Si/c1-24(2)16-25(3,4)28-21-13-12-19(15-20(21)24)22(29(5,6)7)14-17-8-10-18(11-9-17)23(26)27/h8-15H,16H2,1-7H3,(H,26,27)/p-1/b22-14-. The highest BCUT2D eigenvalue weighted by Gasteiger charge is 2.39. The van der Waals surface area contributed by atoms with Gasteiger partial charge in [-0.1, -0.05) is 75.1 Å². The Morgan fingerprint density at radius 3 is 2.14 bits per heavy atom. The smallest absolute Gasteiger partial charge is 0.123 e. The number of rotatable bonds is 4. The number of carbonyl (C=O) groups is 1. The molecule has 0 radical (unpaired) electrons. The number of carboxylic acids is 1. The van der Waals surface area contributed by atoms with E-state index >= 15 is 0 Å². The summed E-state index contributed by atoms with van der Waals surface area (Å²) in [6.45, 7) is 15.9. The van der Waals surface area contributed by atoms with Crippen LogP contribution in [0.1, 0.15) is 61.2 Å². The van der Waals surface area contributed by atoms with Crippen molar-refractivity contribution < 1.29 is 14.6 Å². The Kier molecular flexibility index (Phi) is 5.29. The molecule has 3 nitrogen and oxygen atoms in total. The molecule has 1 aliphatic rings. The second-order valence-corrected chi connectivity index (χ2v) is 15.4. The molecule has 2 aromatic rings.